The van der Waals surface area contributed by atoms with E-state index in [1.807, 2.05) is 37.4 Å². The minimum Gasteiger partial charge on any atom is -0.385 e. The SMILES string of the molecule is CN(CCCNc1ccc2ccccc2c1)C(=O)c1ccccc1. The predicted molar refractivity (Wildman–Crippen MR) is 100 cm³/mol. The summed E-state index contributed by atoms with van der Waals surface area (Å²) in [7, 11) is 1.85. The van der Waals surface area contributed by atoms with Crippen molar-refractivity contribution in [3.63, 3.8) is 0 Å². The van der Waals surface area contributed by atoms with Gasteiger partial charge in [0.25, 0.3) is 5.91 Å². The zero-order chi connectivity index (χ0) is 16.8. The van der Waals surface area contributed by atoms with Gasteiger partial charge in [0.05, 0.1) is 0 Å². The Labute approximate surface area is 142 Å². The molecule has 1 amide bonds. The van der Waals surface area contributed by atoms with Gasteiger partial charge in [-0.15, -0.1) is 0 Å². The van der Waals surface area contributed by atoms with E-state index in [-0.39, 0.29) is 5.91 Å². The zero-order valence-corrected chi connectivity index (χ0v) is 13.9. The van der Waals surface area contributed by atoms with Crippen LogP contribution < -0.4 is 5.32 Å². The van der Waals surface area contributed by atoms with E-state index in [4.69, 9.17) is 0 Å². The monoisotopic (exact) mass is 318 g/mol. The molecule has 0 unspecified atom stereocenters. The molecule has 3 rings (SSSR count). The number of hydrogen-bond acceptors (Lipinski definition) is 2. The van der Waals surface area contributed by atoms with Gasteiger partial charge in [0.15, 0.2) is 0 Å². The fourth-order valence-corrected chi connectivity index (χ4v) is 2.75. The Morgan fingerprint density at radius 1 is 0.917 bits per heavy atom. The molecule has 0 spiro atoms. The van der Waals surface area contributed by atoms with Gasteiger partial charge in [0, 0.05) is 31.4 Å². The molecule has 3 nitrogen and oxygen atoms in total. The molecule has 0 heterocycles. The molecular formula is C21H22N2O. The van der Waals surface area contributed by atoms with Crippen molar-refractivity contribution in [2.75, 3.05) is 25.5 Å². The highest BCUT2D eigenvalue weighted by Gasteiger charge is 2.10. The third-order valence-corrected chi connectivity index (χ3v) is 4.12. The Kier molecular flexibility index (Phi) is 5.12. The lowest BCUT2D eigenvalue weighted by atomic mass is 10.1. The summed E-state index contributed by atoms with van der Waals surface area (Å²) in [6.45, 7) is 1.57. The molecule has 3 aromatic carbocycles. The van der Waals surface area contributed by atoms with Gasteiger partial charge in [-0.25, -0.2) is 0 Å². The van der Waals surface area contributed by atoms with E-state index in [1.54, 1.807) is 4.90 Å². The molecule has 0 atom stereocenters. The highest BCUT2D eigenvalue weighted by Crippen LogP contribution is 2.18. The van der Waals surface area contributed by atoms with E-state index in [2.05, 4.69) is 47.8 Å². The lowest BCUT2D eigenvalue weighted by Gasteiger charge is -2.17. The van der Waals surface area contributed by atoms with Crippen molar-refractivity contribution in [1.29, 1.82) is 0 Å². The molecule has 24 heavy (non-hydrogen) atoms. The van der Waals surface area contributed by atoms with Gasteiger partial charge in [-0.1, -0.05) is 48.5 Å². The first-order chi connectivity index (χ1) is 11.7. The molecule has 0 aliphatic carbocycles. The first-order valence-electron chi connectivity index (χ1n) is 8.27. The standard InChI is InChI=1S/C21H22N2O/c1-23(21(24)18-9-3-2-4-10-18)15-7-14-22-20-13-12-17-8-5-6-11-19(17)16-20/h2-6,8-13,16,22H,7,14-15H2,1H3. The van der Waals surface area contributed by atoms with Crippen LogP contribution in [-0.4, -0.2) is 30.9 Å². The maximum Gasteiger partial charge on any atom is 0.253 e. The molecule has 0 aliphatic heterocycles. The Morgan fingerprint density at radius 3 is 2.42 bits per heavy atom. The summed E-state index contributed by atoms with van der Waals surface area (Å²) in [5, 5.41) is 5.91. The smallest absolute Gasteiger partial charge is 0.253 e. The van der Waals surface area contributed by atoms with Gasteiger partial charge < -0.3 is 10.2 Å². The van der Waals surface area contributed by atoms with Crippen molar-refractivity contribution in [2.45, 2.75) is 6.42 Å². The van der Waals surface area contributed by atoms with Gasteiger partial charge in [0.2, 0.25) is 0 Å². The van der Waals surface area contributed by atoms with E-state index in [9.17, 15) is 4.79 Å². The number of nitrogens with zero attached hydrogens (tertiary/aromatic N) is 1. The number of benzene rings is 3. The lowest BCUT2D eigenvalue weighted by Crippen LogP contribution is -2.28. The highest BCUT2D eigenvalue weighted by molar-refractivity contribution is 5.94. The fraction of sp³-hybridized carbons (Fsp3) is 0.190. The van der Waals surface area contributed by atoms with E-state index >= 15 is 0 Å². The minimum atomic E-state index is 0.0707. The highest BCUT2D eigenvalue weighted by atomic mass is 16.2. The van der Waals surface area contributed by atoms with Gasteiger partial charge in [-0.2, -0.15) is 0 Å². The van der Waals surface area contributed by atoms with Crippen molar-refractivity contribution in [3.8, 4) is 0 Å². The van der Waals surface area contributed by atoms with Gasteiger partial charge in [0.1, 0.15) is 0 Å². The largest absolute Gasteiger partial charge is 0.385 e. The lowest BCUT2D eigenvalue weighted by molar-refractivity contribution is 0.0794. The number of hydrogen-bond donors (Lipinski definition) is 1. The molecule has 0 aromatic heterocycles. The zero-order valence-electron chi connectivity index (χ0n) is 13.9. The Bertz CT molecular complexity index is 814. The van der Waals surface area contributed by atoms with Crippen molar-refractivity contribution in [3.05, 3.63) is 78.4 Å². The molecular weight excluding hydrogens is 296 g/mol. The minimum absolute atomic E-state index is 0.0707. The molecule has 0 saturated heterocycles. The third-order valence-electron chi connectivity index (χ3n) is 4.12. The molecule has 0 saturated carbocycles. The second-order valence-electron chi connectivity index (χ2n) is 5.93. The van der Waals surface area contributed by atoms with Crippen LogP contribution in [0.4, 0.5) is 5.69 Å². The van der Waals surface area contributed by atoms with Crippen LogP contribution in [0.1, 0.15) is 16.8 Å². The van der Waals surface area contributed by atoms with E-state index < -0.39 is 0 Å². The van der Waals surface area contributed by atoms with Crippen molar-refractivity contribution in [2.24, 2.45) is 0 Å². The number of carbonyl (C=O) groups is 1. The van der Waals surface area contributed by atoms with Crippen molar-refractivity contribution in [1.82, 2.24) is 4.90 Å². The van der Waals surface area contributed by atoms with Crippen LogP contribution in [0.5, 0.6) is 0 Å². The van der Waals surface area contributed by atoms with Gasteiger partial charge in [-0.05, 0) is 41.5 Å². The van der Waals surface area contributed by atoms with Crippen molar-refractivity contribution < 1.29 is 4.79 Å². The van der Waals surface area contributed by atoms with Crippen LogP contribution in [0.25, 0.3) is 10.8 Å². The molecule has 1 N–H and O–H groups in total. The molecule has 122 valence electrons. The number of nitrogens with one attached hydrogen (secondary N) is 1. The number of amides is 1. The van der Waals surface area contributed by atoms with Crippen LogP contribution in [-0.2, 0) is 0 Å². The van der Waals surface area contributed by atoms with E-state index in [0.29, 0.717) is 0 Å². The average molecular weight is 318 g/mol. The molecule has 3 heteroatoms. The van der Waals surface area contributed by atoms with Gasteiger partial charge in [-0.3, -0.25) is 4.79 Å². The van der Waals surface area contributed by atoms with Crippen LogP contribution in [0.15, 0.2) is 72.8 Å². The number of fused-ring (bicyclic) bond motifs is 1. The molecule has 3 aromatic rings. The number of anilines is 1. The second-order valence-corrected chi connectivity index (χ2v) is 5.93. The van der Waals surface area contributed by atoms with Crippen LogP contribution in [0.3, 0.4) is 0 Å². The Balaban J connectivity index is 1.48. The molecule has 0 aliphatic rings. The molecule has 0 radical (unpaired) electrons. The first kappa shape index (κ1) is 16.1. The van der Waals surface area contributed by atoms with Crippen molar-refractivity contribution >= 4 is 22.4 Å². The fourth-order valence-electron chi connectivity index (χ4n) is 2.75. The average Bonchev–Trinajstić information content (AvgIpc) is 2.65. The third kappa shape index (κ3) is 3.93. The number of carbonyl (C=O) groups excluding carboxylic acids is 1. The Morgan fingerprint density at radius 2 is 1.62 bits per heavy atom. The van der Waals surface area contributed by atoms with E-state index in [0.717, 1.165) is 30.8 Å². The summed E-state index contributed by atoms with van der Waals surface area (Å²) >= 11 is 0. The van der Waals surface area contributed by atoms with Crippen LogP contribution in [0, 0.1) is 0 Å². The van der Waals surface area contributed by atoms with Gasteiger partial charge >= 0.3 is 0 Å². The van der Waals surface area contributed by atoms with E-state index in [1.165, 1.54) is 10.8 Å². The summed E-state index contributed by atoms with van der Waals surface area (Å²) in [5.41, 5.74) is 1.85. The number of rotatable bonds is 6. The molecule has 0 bridgehead atoms. The quantitative estimate of drug-likeness (QED) is 0.683. The maximum atomic E-state index is 12.3. The predicted octanol–water partition coefficient (Wildman–Crippen LogP) is 4.41. The summed E-state index contributed by atoms with van der Waals surface area (Å²) in [6, 6.07) is 24.1. The topological polar surface area (TPSA) is 32.3 Å². The second kappa shape index (κ2) is 7.64. The van der Waals surface area contributed by atoms with Crippen LogP contribution in [0.2, 0.25) is 0 Å². The summed E-state index contributed by atoms with van der Waals surface area (Å²) in [4.78, 5) is 14.0. The summed E-state index contributed by atoms with van der Waals surface area (Å²) < 4.78 is 0. The first-order valence-corrected chi connectivity index (χ1v) is 8.27. The summed E-state index contributed by atoms with van der Waals surface area (Å²) in [5.74, 6) is 0.0707. The van der Waals surface area contributed by atoms with Crippen LogP contribution >= 0.6 is 0 Å². The Hall–Kier alpha value is -2.81. The normalized spacial score (nSPS) is 10.5. The maximum absolute atomic E-state index is 12.3. The summed E-state index contributed by atoms with van der Waals surface area (Å²) in [6.07, 6.45) is 0.905. The molecule has 0 fully saturated rings.